The van der Waals surface area contributed by atoms with Gasteiger partial charge in [0.15, 0.2) is 17.5 Å². The SMILES string of the molecule is c1ccc(-c2cc(-c3cccc4c3-c3ccccc3C43c4ccccc4-c4c(-c5nc(-c6cccc7c6oc6ccccc67)c6ccccc6n5)cccc43)nc(-c3ccccc3)n2)cc1.c1ccc(-c2nc(-c3cccc4c3-c3ccccc3C43c4ccccc4-c4c(-c5cccc(-c6nc7ccccc7n6-c6ccccc6)c5)cccc43)nc3ccccc23)cc1. The first-order valence-corrected chi connectivity index (χ1v) is 43.6. The van der Waals surface area contributed by atoms with Gasteiger partial charge in [0.2, 0.25) is 0 Å². The molecule has 9 nitrogen and oxygen atoms in total. The van der Waals surface area contributed by atoms with Crippen LogP contribution in [0.2, 0.25) is 0 Å². The molecule has 0 bridgehead atoms. The molecule has 0 N–H and O–H groups in total. The molecule has 594 valence electrons. The maximum Gasteiger partial charge on any atom is 0.161 e. The number of aromatic nitrogens is 8. The van der Waals surface area contributed by atoms with Gasteiger partial charge in [0.05, 0.1) is 55.7 Å². The first-order valence-electron chi connectivity index (χ1n) is 43.6. The monoisotopic (exact) mass is 1630 g/mol. The zero-order valence-electron chi connectivity index (χ0n) is 69.1. The van der Waals surface area contributed by atoms with E-state index in [1.54, 1.807) is 0 Å². The highest BCUT2D eigenvalue weighted by molar-refractivity contribution is 6.13. The summed E-state index contributed by atoms with van der Waals surface area (Å²) < 4.78 is 8.89. The van der Waals surface area contributed by atoms with E-state index in [1.165, 1.54) is 89.0 Å². The van der Waals surface area contributed by atoms with Gasteiger partial charge in [-0.3, -0.25) is 4.57 Å². The third kappa shape index (κ3) is 10.8. The number of benzene rings is 18. The number of hydrogen-bond acceptors (Lipinski definition) is 8. The van der Waals surface area contributed by atoms with E-state index in [-0.39, 0.29) is 0 Å². The molecule has 0 saturated heterocycles. The summed E-state index contributed by atoms with van der Waals surface area (Å²) in [4.78, 5) is 37.4. The average molecular weight is 1630 g/mol. The highest BCUT2D eigenvalue weighted by atomic mass is 16.3. The lowest BCUT2D eigenvalue weighted by molar-refractivity contribution is 0.670. The van der Waals surface area contributed by atoms with Crippen molar-refractivity contribution < 1.29 is 4.42 Å². The van der Waals surface area contributed by atoms with Crippen molar-refractivity contribution in [2.45, 2.75) is 10.8 Å². The second-order valence-electron chi connectivity index (χ2n) is 33.4. The van der Waals surface area contributed by atoms with Crippen LogP contribution in [0.3, 0.4) is 0 Å². The first kappa shape index (κ1) is 72.6. The lowest BCUT2D eigenvalue weighted by Crippen LogP contribution is -2.25. The van der Waals surface area contributed by atoms with Crippen LogP contribution < -0.4 is 0 Å². The summed E-state index contributed by atoms with van der Waals surface area (Å²) in [5.41, 5.74) is 39.1. The second kappa shape index (κ2) is 28.8. The van der Waals surface area contributed by atoms with Gasteiger partial charge in [-0.2, -0.15) is 0 Å². The highest BCUT2D eigenvalue weighted by Gasteiger charge is 2.55. The van der Waals surface area contributed by atoms with Gasteiger partial charge < -0.3 is 4.42 Å². The average Bonchev–Trinajstić information content (AvgIpc) is 1.50. The summed E-state index contributed by atoms with van der Waals surface area (Å²) in [6.07, 6.45) is 0. The van der Waals surface area contributed by atoms with Crippen LogP contribution in [0.1, 0.15) is 44.5 Å². The van der Waals surface area contributed by atoms with Crippen LogP contribution >= 0.6 is 0 Å². The minimum absolute atomic E-state index is 0.554. The lowest BCUT2D eigenvalue weighted by atomic mass is 9.70. The fourth-order valence-electron chi connectivity index (χ4n) is 21.6. The molecule has 0 aliphatic heterocycles. The molecule has 4 aliphatic rings. The Bertz CT molecular complexity index is 8480. The van der Waals surface area contributed by atoms with E-state index in [0.717, 1.165) is 151 Å². The van der Waals surface area contributed by atoms with Crippen molar-refractivity contribution in [3.63, 3.8) is 0 Å². The van der Waals surface area contributed by atoms with E-state index >= 15 is 0 Å². The largest absolute Gasteiger partial charge is 0.455 e. The van der Waals surface area contributed by atoms with E-state index < -0.39 is 10.8 Å². The Hall–Kier alpha value is -17.0. The lowest BCUT2D eigenvalue weighted by Gasteiger charge is -2.30. The zero-order valence-corrected chi connectivity index (χ0v) is 69.1. The van der Waals surface area contributed by atoms with E-state index in [0.29, 0.717) is 11.6 Å². The minimum Gasteiger partial charge on any atom is -0.455 e. The quantitative estimate of drug-likeness (QED) is 0.133. The van der Waals surface area contributed by atoms with Crippen molar-refractivity contribution in [3.8, 4) is 152 Å². The Morgan fingerprint density at radius 1 is 0.211 bits per heavy atom. The predicted octanol–water partition coefficient (Wildman–Crippen LogP) is 29.0. The fourth-order valence-corrected chi connectivity index (χ4v) is 21.6. The molecule has 0 radical (unpaired) electrons. The molecule has 0 fully saturated rings. The Morgan fingerprint density at radius 2 is 0.594 bits per heavy atom. The molecule has 2 unspecified atom stereocenters. The maximum atomic E-state index is 6.61. The number of nitrogens with zero attached hydrogens (tertiary/aromatic N) is 8. The van der Waals surface area contributed by atoms with Gasteiger partial charge in [0.25, 0.3) is 0 Å². The molecule has 2 atom stereocenters. The van der Waals surface area contributed by atoms with Gasteiger partial charge in [0, 0.05) is 71.7 Å². The van der Waals surface area contributed by atoms with Gasteiger partial charge in [-0.15, -0.1) is 0 Å². The van der Waals surface area contributed by atoms with Crippen LogP contribution in [0, 0.1) is 0 Å². The summed E-state index contributed by atoms with van der Waals surface area (Å²) in [6, 6.07) is 155. The van der Waals surface area contributed by atoms with Crippen LogP contribution in [0.5, 0.6) is 0 Å². The number of rotatable bonds is 10. The summed E-state index contributed by atoms with van der Waals surface area (Å²) in [5.74, 6) is 3.01. The molecule has 5 aromatic heterocycles. The van der Waals surface area contributed by atoms with Crippen molar-refractivity contribution in [2.75, 3.05) is 0 Å². The molecular weight excluding hydrogens is 1560 g/mol. The third-order valence-electron chi connectivity index (χ3n) is 26.8. The summed E-state index contributed by atoms with van der Waals surface area (Å²) in [5, 5.41) is 4.17. The maximum absolute atomic E-state index is 6.61. The van der Waals surface area contributed by atoms with E-state index in [9.17, 15) is 0 Å². The topological polar surface area (TPSA) is 108 Å². The Kier molecular flexibility index (Phi) is 16.3. The smallest absolute Gasteiger partial charge is 0.161 e. The zero-order chi connectivity index (χ0) is 84.1. The summed E-state index contributed by atoms with van der Waals surface area (Å²) in [6.45, 7) is 0. The third-order valence-corrected chi connectivity index (χ3v) is 26.8. The van der Waals surface area contributed by atoms with Gasteiger partial charge in [-0.25, -0.2) is 34.9 Å². The molecule has 5 heterocycles. The number of fused-ring (bicyclic) bond motifs is 26. The van der Waals surface area contributed by atoms with Crippen molar-refractivity contribution in [1.29, 1.82) is 0 Å². The standard InChI is InChI=1S/C61H36N4O.C58H36N4/c1-3-18-37(19-4-1)52-36-53(64-59(63-52)38-20-5-2-6-21-38)43-27-16-32-49-55(43)41-23-7-11-30-47(41)61(49)48-31-12-8-24-42(48)56-45(28-17-33-50(56)61)60-62-51-34-13-9-25-44(51)57(65-60)46-29-15-26-40-39-22-10-14-35-54(39)66-58(40)46;1-3-18-37(19-4-1)55-44-26-9-12-33-50(44)59-56(61-55)45-28-17-32-49-54(45)43-25-8-11-30-47(43)58(49)46-29-10-7-24-42(46)53-41(27-16-31-48(53)58)38-20-15-21-39(36-38)57-60-51-34-13-14-35-52(51)62(57)40-22-5-2-6-23-40/h1-36H;1-36H. The molecule has 0 amide bonds. The molecule has 4 aliphatic carbocycles. The Labute approximate surface area is 737 Å². The van der Waals surface area contributed by atoms with Crippen molar-refractivity contribution in [1.82, 2.24) is 39.5 Å². The van der Waals surface area contributed by atoms with Crippen LogP contribution in [0.25, 0.3) is 207 Å². The van der Waals surface area contributed by atoms with Crippen molar-refractivity contribution >= 4 is 54.8 Å². The molecule has 23 aromatic rings. The highest BCUT2D eigenvalue weighted by Crippen LogP contribution is 2.68. The second-order valence-corrected chi connectivity index (χ2v) is 33.4. The minimum atomic E-state index is -0.624. The molecule has 18 aromatic carbocycles. The molecule has 27 rings (SSSR count). The van der Waals surface area contributed by atoms with E-state index in [4.69, 9.17) is 39.3 Å². The van der Waals surface area contributed by atoms with Crippen LogP contribution in [-0.2, 0) is 10.8 Å². The van der Waals surface area contributed by atoms with Crippen molar-refractivity contribution in [2.24, 2.45) is 0 Å². The number of para-hydroxylation sites is 7. The number of furan rings is 1. The molecule has 9 heteroatoms. The first-order chi connectivity index (χ1) is 63.5. The summed E-state index contributed by atoms with van der Waals surface area (Å²) in [7, 11) is 0. The van der Waals surface area contributed by atoms with Gasteiger partial charge in [-0.1, -0.05) is 376 Å². The molecule has 2 spiro atoms. The molecule has 128 heavy (non-hydrogen) atoms. The van der Waals surface area contributed by atoms with Gasteiger partial charge in [0.1, 0.15) is 17.0 Å². The van der Waals surface area contributed by atoms with Gasteiger partial charge in [-0.05, 0) is 161 Å². The molecule has 0 saturated carbocycles. The molecular formula is C119H72N8O. The predicted molar refractivity (Wildman–Crippen MR) is 518 cm³/mol. The normalized spacial score (nSPS) is 14.5. The van der Waals surface area contributed by atoms with E-state index in [1.807, 2.05) is 36.4 Å². The number of hydrogen-bond donors (Lipinski definition) is 0. The van der Waals surface area contributed by atoms with Gasteiger partial charge >= 0.3 is 0 Å². The van der Waals surface area contributed by atoms with Crippen LogP contribution in [0.15, 0.2) is 441 Å². The van der Waals surface area contributed by atoms with Crippen molar-refractivity contribution in [3.05, 3.63) is 481 Å². The van der Waals surface area contributed by atoms with Crippen LogP contribution in [0.4, 0.5) is 0 Å². The van der Waals surface area contributed by atoms with Crippen LogP contribution in [-0.4, -0.2) is 39.5 Å². The van der Waals surface area contributed by atoms with E-state index in [2.05, 4.69) is 405 Å². The number of imidazole rings is 1. The Morgan fingerprint density at radius 3 is 1.18 bits per heavy atom. The Balaban J connectivity index is 0.000000136. The summed E-state index contributed by atoms with van der Waals surface area (Å²) >= 11 is 0. The fraction of sp³-hybridized carbons (Fsp3) is 0.0168.